The summed E-state index contributed by atoms with van der Waals surface area (Å²) in [6, 6.07) is 1.71. The van der Waals surface area contributed by atoms with E-state index in [2.05, 4.69) is 4.98 Å². The lowest BCUT2D eigenvalue weighted by Crippen LogP contribution is -2.33. The van der Waals surface area contributed by atoms with E-state index in [9.17, 15) is 10.2 Å². The zero-order valence-corrected chi connectivity index (χ0v) is 10.8. The van der Waals surface area contributed by atoms with Gasteiger partial charge in [0.15, 0.2) is 6.23 Å². The number of fused-ring (bicyclic) bond motifs is 1. The Morgan fingerprint density at radius 1 is 1.40 bits per heavy atom. The van der Waals surface area contributed by atoms with Crippen LogP contribution < -0.4 is 5.49 Å². The summed E-state index contributed by atoms with van der Waals surface area (Å²) in [6.45, 7) is -0.375. The molecule has 3 rings (SSSR count). The molecule has 0 spiro atoms. The number of aromatic nitrogens is 3. The van der Waals surface area contributed by atoms with Gasteiger partial charge in [-0.05, 0) is 6.07 Å². The molecule has 0 saturated carbocycles. The third-order valence-corrected chi connectivity index (χ3v) is 3.64. The summed E-state index contributed by atoms with van der Waals surface area (Å²) in [7, 11) is 1.72. The predicted octanol–water partition coefficient (Wildman–Crippen LogP) is -1.53. The van der Waals surface area contributed by atoms with Crippen LogP contribution in [0.4, 0.5) is 0 Å². The second-order valence-electron chi connectivity index (χ2n) is 4.89. The van der Waals surface area contributed by atoms with Crippen LogP contribution in [-0.2, 0) is 11.8 Å². The van der Waals surface area contributed by atoms with Gasteiger partial charge in [0.2, 0.25) is 0 Å². The number of ether oxygens (including phenoxy) is 1. The van der Waals surface area contributed by atoms with Gasteiger partial charge < -0.3 is 29.2 Å². The Hall–Kier alpha value is -1.74. The van der Waals surface area contributed by atoms with Crippen molar-refractivity contribution in [3.8, 4) is 0 Å². The molecule has 0 amide bonds. The van der Waals surface area contributed by atoms with Crippen LogP contribution in [-0.4, -0.2) is 54.4 Å². The Balaban J connectivity index is 2.08. The highest BCUT2D eigenvalue weighted by molar-refractivity contribution is 5.74. The maximum atomic E-state index is 10.0. The van der Waals surface area contributed by atoms with Crippen molar-refractivity contribution in [1.82, 2.24) is 14.1 Å². The first-order valence-corrected chi connectivity index (χ1v) is 6.24. The molecule has 0 radical (unpaired) electrons. The van der Waals surface area contributed by atoms with Crippen molar-refractivity contribution in [1.29, 1.82) is 5.41 Å². The van der Waals surface area contributed by atoms with Crippen LogP contribution in [0.5, 0.6) is 0 Å². The second-order valence-corrected chi connectivity index (χ2v) is 4.89. The summed E-state index contributed by atoms with van der Waals surface area (Å²) in [5.41, 5.74) is 0.781. The minimum atomic E-state index is -1.16. The van der Waals surface area contributed by atoms with Crippen LogP contribution in [0.15, 0.2) is 18.6 Å². The summed E-state index contributed by atoms with van der Waals surface area (Å²) in [5.74, 6) is 0. The minimum Gasteiger partial charge on any atom is -0.394 e. The standard InChI is InChI=1S/C12H16N4O4/c1-15-5-14-11-6(10(15)13)2-3-16(11)12-9(19)8(18)7(4-17)20-12/h2-3,5,7-9,12-13,17-19H,4H2,1H3/t7-,8-,9-,12-/m1/s1. The van der Waals surface area contributed by atoms with Crippen LogP contribution in [0.2, 0.25) is 0 Å². The Morgan fingerprint density at radius 2 is 2.15 bits per heavy atom. The fourth-order valence-electron chi connectivity index (χ4n) is 2.46. The van der Waals surface area contributed by atoms with Gasteiger partial charge in [0.1, 0.15) is 29.4 Å². The monoisotopic (exact) mass is 280 g/mol. The highest BCUT2D eigenvalue weighted by Crippen LogP contribution is 2.31. The van der Waals surface area contributed by atoms with Gasteiger partial charge in [-0.15, -0.1) is 0 Å². The number of aliphatic hydroxyl groups excluding tert-OH is 3. The van der Waals surface area contributed by atoms with E-state index in [-0.39, 0.29) is 6.61 Å². The average Bonchev–Trinajstić information content (AvgIpc) is 2.98. The van der Waals surface area contributed by atoms with Crippen LogP contribution in [0.25, 0.3) is 11.0 Å². The number of hydrogen-bond donors (Lipinski definition) is 4. The molecule has 20 heavy (non-hydrogen) atoms. The summed E-state index contributed by atoms with van der Waals surface area (Å²) < 4.78 is 8.60. The van der Waals surface area contributed by atoms with Gasteiger partial charge in [-0.2, -0.15) is 0 Å². The lowest BCUT2D eigenvalue weighted by atomic mass is 10.1. The number of nitrogens with zero attached hydrogens (tertiary/aromatic N) is 3. The third-order valence-electron chi connectivity index (χ3n) is 3.64. The van der Waals surface area contributed by atoms with Gasteiger partial charge in [-0.1, -0.05) is 0 Å². The molecule has 0 unspecified atom stereocenters. The second kappa shape index (κ2) is 4.67. The molecule has 0 bridgehead atoms. The molecule has 1 aliphatic rings. The van der Waals surface area contributed by atoms with Crippen LogP contribution in [0.1, 0.15) is 6.23 Å². The lowest BCUT2D eigenvalue weighted by Gasteiger charge is -2.17. The highest BCUT2D eigenvalue weighted by Gasteiger charge is 2.43. The lowest BCUT2D eigenvalue weighted by molar-refractivity contribution is -0.0508. The normalized spacial score (nSPS) is 30.2. The van der Waals surface area contributed by atoms with Crippen molar-refractivity contribution in [2.45, 2.75) is 24.5 Å². The molecule has 2 aromatic heterocycles. The first-order valence-electron chi connectivity index (χ1n) is 6.24. The first-order chi connectivity index (χ1) is 9.54. The Kier molecular flexibility index (Phi) is 3.09. The first kappa shape index (κ1) is 13.3. The molecule has 8 heteroatoms. The topological polar surface area (TPSA) is 117 Å². The van der Waals surface area contributed by atoms with E-state index in [1.165, 1.54) is 6.33 Å². The van der Waals surface area contributed by atoms with E-state index in [0.29, 0.717) is 16.5 Å². The summed E-state index contributed by atoms with van der Waals surface area (Å²) in [5, 5.41) is 37.5. The van der Waals surface area contributed by atoms with E-state index in [0.717, 1.165) is 0 Å². The van der Waals surface area contributed by atoms with Gasteiger partial charge in [-0.25, -0.2) is 4.98 Å². The molecule has 3 heterocycles. The van der Waals surface area contributed by atoms with Crippen molar-refractivity contribution in [3.05, 3.63) is 24.1 Å². The SMILES string of the molecule is Cn1cnc2c(ccn2[C@@H]2O[C@H](CO)[C@@H](O)[C@H]2O)c1=N. The number of aryl methyl sites for hydroxylation is 1. The zero-order chi connectivity index (χ0) is 14.4. The van der Waals surface area contributed by atoms with Crippen molar-refractivity contribution in [2.75, 3.05) is 6.61 Å². The molecule has 1 fully saturated rings. The maximum Gasteiger partial charge on any atom is 0.164 e. The molecule has 4 N–H and O–H groups in total. The quantitative estimate of drug-likeness (QED) is 0.532. The molecular weight excluding hydrogens is 264 g/mol. The third kappa shape index (κ3) is 1.77. The van der Waals surface area contributed by atoms with E-state index < -0.39 is 24.5 Å². The van der Waals surface area contributed by atoms with Gasteiger partial charge in [-0.3, -0.25) is 5.41 Å². The smallest absolute Gasteiger partial charge is 0.164 e. The molecule has 108 valence electrons. The molecule has 1 saturated heterocycles. The summed E-state index contributed by atoms with van der Waals surface area (Å²) in [4.78, 5) is 4.23. The van der Waals surface area contributed by atoms with Gasteiger partial charge in [0.25, 0.3) is 0 Å². The van der Waals surface area contributed by atoms with Crippen LogP contribution in [0.3, 0.4) is 0 Å². The molecule has 0 aliphatic carbocycles. The Morgan fingerprint density at radius 3 is 2.80 bits per heavy atom. The van der Waals surface area contributed by atoms with Gasteiger partial charge in [0, 0.05) is 13.2 Å². The predicted molar refractivity (Wildman–Crippen MR) is 67.6 cm³/mol. The molecule has 0 aromatic carbocycles. The summed E-state index contributed by atoms with van der Waals surface area (Å²) in [6.07, 6.45) is -0.828. The maximum absolute atomic E-state index is 10.0. The Bertz CT molecular complexity index is 694. The zero-order valence-electron chi connectivity index (χ0n) is 10.8. The highest BCUT2D eigenvalue weighted by atomic mass is 16.6. The van der Waals surface area contributed by atoms with E-state index in [4.69, 9.17) is 15.3 Å². The Labute approximate surface area is 114 Å². The minimum absolute atomic E-state index is 0.292. The van der Waals surface area contributed by atoms with E-state index in [1.807, 2.05) is 0 Å². The largest absolute Gasteiger partial charge is 0.394 e. The van der Waals surface area contributed by atoms with Crippen molar-refractivity contribution in [3.63, 3.8) is 0 Å². The molecular formula is C12H16N4O4. The molecule has 8 nitrogen and oxygen atoms in total. The summed E-state index contributed by atoms with van der Waals surface area (Å²) >= 11 is 0. The number of nitrogens with one attached hydrogen (secondary N) is 1. The van der Waals surface area contributed by atoms with Crippen molar-refractivity contribution in [2.24, 2.45) is 7.05 Å². The average molecular weight is 280 g/mol. The molecule has 2 aromatic rings. The van der Waals surface area contributed by atoms with Gasteiger partial charge >= 0.3 is 0 Å². The molecule has 1 aliphatic heterocycles. The van der Waals surface area contributed by atoms with Crippen molar-refractivity contribution >= 4 is 11.0 Å². The fraction of sp³-hybridized carbons (Fsp3) is 0.500. The van der Waals surface area contributed by atoms with Crippen LogP contribution in [0, 0.1) is 5.41 Å². The van der Waals surface area contributed by atoms with E-state index in [1.54, 1.807) is 28.4 Å². The number of rotatable bonds is 2. The number of hydrogen-bond acceptors (Lipinski definition) is 6. The van der Waals surface area contributed by atoms with Crippen LogP contribution >= 0.6 is 0 Å². The van der Waals surface area contributed by atoms with Crippen molar-refractivity contribution < 1.29 is 20.1 Å². The van der Waals surface area contributed by atoms with E-state index >= 15 is 0 Å². The molecule has 4 atom stereocenters. The number of aliphatic hydroxyl groups is 3. The van der Waals surface area contributed by atoms with Gasteiger partial charge in [0.05, 0.1) is 18.3 Å². The fourth-order valence-corrected chi connectivity index (χ4v) is 2.46.